The molecule has 3 aromatic rings. The molecule has 3 heterocycles. The molecule has 0 N–H and O–H groups in total. The average Bonchev–Trinajstić information content (AvgIpc) is 2.66. The van der Waals surface area contributed by atoms with Crippen LogP contribution in [0.4, 0.5) is 13.2 Å². The molecule has 0 unspecified atom stereocenters. The van der Waals surface area contributed by atoms with E-state index in [1.165, 1.54) is 4.57 Å². The second-order valence-corrected chi connectivity index (χ2v) is 22.7. The van der Waals surface area contributed by atoms with Gasteiger partial charge in [-0.05, 0) is 0 Å². The van der Waals surface area contributed by atoms with E-state index in [0.717, 1.165) is 6.20 Å². The summed E-state index contributed by atoms with van der Waals surface area (Å²) >= 11 is -2.86. The summed E-state index contributed by atoms with van der Waals surface area (Å²) in [4.78, 5) is 27.3. The number of pyridine rings is 3. The molecule has 9 heteroatoms. The van der Waals surface area contributed by atoms with Crippen molar-refractivity contribution in [2.75, 3.05) is 0 Å². The fraction of sp³-hybridized carbons (Fsp3) is 0.318. The van der Waals surface area contributed by atoms with E-state index in [4.69, 9.17) is 4.74 Å². The molecule has 0 aromatic carbocycles. The molecule has 0 amide bonds. The molecule has 0 spiro atoms. The molecule has 3 rings (SSSR count). The van der Waals surface area contributed by atoms with Crippen LogP contribution in [-0.4, -0.2) is 32.9 Å². The second-order valence-electron chi connectivity index (χ2n) is 8.49. The fourth-order valence-electron chi connectivity index (χ4n) is 3.28. The summed E-state index contributed by atoms with van der Waals surface area (Å²) < 4.78 is 49.7. The van der Waals surface area contributed by atoms with Crippen LogP contribution in [-0.2, 0) is 6.61 Å². The molecule has 0 aliphatic carbocycles. The Balaban J connectivity index is 2.06. The third-order valence-corrected chi connectivity index (χ3v) is 10.00. The first-order valence-corrected chi connectivity index (χ1v) is 19.7. The van der Waals surface area contributed by atoms with Gasteiger partial charge < -0.3 is 0 Å². The van der Waals surface area contributed by atoms with Gasteiger partial charge in [0.15, 0.2) is 0 Å². The molecule has 164 valence electrons. The topological polar surface area (TPSA) is 57.0 Å². The Morgan fingerprint density at radius 3 is 2.32 bits per heavy atom. The predicted octanol–water partition coefficient (Wildman–Crippen LogP) is 4.09. The minimum atomic E-state index is -2.86. The molecule has 3 aromatic heterocycles. The van der Waals surface area contributed by atoms with Crippen LogP contribution in [0.1, 0.15) is 22.5 Å². The summed E-state index contributed by atoms with van der Waals surface area (Å²) in [6.07, 6.45) is 2.50. The van der Waals surface area contributed by atoms with Gasteiger partial charge in [-0.2, -0.15) is 0 Å². The van der Waals surface area contributed by atoms with Gasteiger partial charge in [0.1, 0.15) is 5.82 Å². The van der Waals surface area contributed by atoms with Crippen molar-refractivity contribution in [1.82, 2.24) is 14.5 Å². The van der Waals surface area contributed by atoms with Gasteiger partial charge in [-0.3, -0.25) is 0 Å². The third-order valence-electron chi connectivity index (χ3n) is 4.95. The van der Waals surface area contributed by atoms with E-state index >= 15 is 4.39 Å². The SMILES string of the molecule is Cc1cn[c]([Sn]([CH3])([CH3])[CH3])c(F)c1-n1c(C)cc(OCc2ncc(F)cc2F)c(C)c1=O. The van der Waals surface area contributed by atoms with Crippen LogP contribution in [0, 0.1) is 38.2 Å². The van der Waals surface area contributed by atoms with Crippen LogP contribution >= 0.6 is 0 Å². The average molecular weight is 538 g/mol. The summed E-state index contributed by atoms with van der Waals surface area (Å²) in [5, 5.41) is 0. The van der Waals surface area contributed by atoms with Crippen molar-refractivity contribution >= 4 is 22.1 Å². The number of halogens is 3. The van der Waals surface area contributed by atoms with Crippen molar-refractivity contribution < 1.29 is 17.9 Å². The normalized spacial score (nSPS) is 11.6. The Kier molecular flexibility index (Phi) is 6.50. The zero-order valence-electron chi connectivity index (χ0n) is 18.3. The number of aromatic nitrogens is 3. The molecular weight excluding hydrogens is 514 g/mol. The van der Waals surface area contributed by atoms with Crippen molar-refractivity contribution in [1.29, 1.82) is 0 Å². The van der Waals surface area contributed by atoms with Crippen LogP contribution in [0.2, 0.25) is 14.8 Å². The van der Waals surface area contributed by atoms with E-state index < -0.39 is 41.4 Å². The molecule has 5 nitrogen and oxygen atoms in total. The Hall–Kier alpha value is -2.36. The molecule has 0 aliphatic heterocycles. The third kappa shape index (κ3) is 4.63. The van der Waals surface area contributed by atoms with E-state index in [2.05, 4.69) is 24.8 Å². The van der Waals surface area contributed by atoms with Crippen molar-refractivity contribution in [2.24, 2.45) is 0 Å². The first-order chi connectivity index (χ1) is 14.4. The molecule has 0 radical (unpaired) electrons. The predicted molar refractivity (Wildman–Crippen MR) is 115 cm³/mol. The molecule has 0 fully saturated rings. The standard InChI is InChI=1S/C19H15F3N3O2.3CH3.Sn/c1-10-6-23-8-15(22)18(10)25-11(2)4-17(12(3)19(25)26)27-9-16-14(21)5-13(20)7-24-16;;;;/h4-7H,9H2,1-3H3;3*1H3;. The maximum absolute atomic E-state index is 15.5. The van der Waals surface area contributed by atoms with Crippen molar-refractivity contribution in [3.8, 4) is 11.4 Å². The quantitative estimate of drug-likeness (QED) is 0.460. The van der Waals surface area contributed by atoms with Crippen molar-refractivity contribution in [3.63, 3.8) is 0 Å². The van der Waals surface area contributed by atoms with Gasteiger partial charge >= 0.3 is 173 Å². The van der Waals surface area contributed by atoms with Gasteiger partial charge in [-0.25, -0.2) is 4.39 Å². The molecule has 0 atom stereocenters. The van der Waals surface area contributed by atoms with E-state index in [0.29, 0.717) is 21.0 Å². The molecule has 0 saturated carbocycles. The van der Waals surface area contributed by atoms with Gasteiger partial charge in [-0.15, -0.1) is 0 Å². The first-order valence-electron chi connectivity index (χ1n) is 9.73. The van der Waals surface area contributed by atoms with E-state index in [9.17, 15) is 13.6 Å². The minimum absolute atomic E-state index is 0.0824. The Bertz CT molecular complexity index is 1220. The van der Waals surface area contributed by atoms with Gasteiger partial charge in [0.25, 0.3) is 0 Å². The van der Waals surface area contributed by atoms with Crippen LogP contribution in [0.25, 0.3) is 5.69 Å². The molecule has 0 aliphatic rings. The number of rotatable bonds is 5. The van der Waals surface area contributed by atoms with Gasteiger partial charge in [0.05, 0.1) is 0 Å². The Morgan fingerprint density at radius 2 is 1.71 bits per heavy atom. The van der Waals surface area contributed by atoms with Gasteiger partial charge in [0, 0.05) is 0 Å². The number of hydrogen-bond acceptors (Lipinski definition) is 4. The van der Waals surface area contributed by atoms with Crippen molar-refractivity contribution in [3.05, 3.63) is 74.8 Å². The van der Waals surface area contributed by atoms with E-state index in [1.54, 1.807) is 33.0 Å². The van der Waals surface area contributed by atoms with Crippen LogP contribution in [0.3, 0.4) is 0 Å². The molecule has 0 saturated heterocycles. The summed E-state index contributed by atoms with van der Waals surface area (Å²) in [6.45, 7) is 4.66. The van der Waals surface area contributed by atoms with Crippen LogP contribution in [0.5, 0.6) is 5.75 Å². The number of aryl methyl sites for hydroxylation is 2. The molecule has 0 bridgehead atoms. The van der Waals surface area contributed by atoms with E-state index in [-0.39, 0.29) is 29.3 Å². The fourth-order valence-corrected chi connectivity index (χ4v) is 6.79. The Labute approximate surface area is 182 Å². The summed E-state index contributed by atoms with van der Waals surface area (Å²) in [6, 6.07) is 2.31. The Morgan fingerprint density at radius 1 is 1.03 bits per heavy atom. The van der Waals surface area contributed by atoms with Gasteiger partial charge in [-0.1, -0.05) is 0 Å². The maximum atomic E-state index is 15.5. The summed E-state index contributed by atoms with van der Waals surface area (Å²) in [5.41, 5.74) is 0.922. The van der Waals surface area contributed by atoms with Gasteiger partial charge in [0.2, 0.25) is 0 Å². The summed E-state index contributed by atoms with van der Waals surface area (Å²) in [7, 11) is 0. The second kappa shape index (κ2) is 8.64. The number of nitrogens with zero attached hydrogens (tertiary/aromatic N) is 3. The van der Waals surface area contributed by atoms with E-state index in [1.807, 2.05) is 0 Å². The van der Waals surface area contributed by atoms with Crippen LogP contribution in [0.15, 0.2) is 29.3 Å². The van der Waals surface area contributed by atoms with Crippen LogP contribution < -0.4 is 14.0 Å². The molecule has 31 heavy (non-hydrogen) atoms. The number of hydrogen-bond donors (Lipinski definition) is 0. The number of ether oxygens (including phenoxy) is 1. The first kappa shape index (κ1) is 23.3. The monoisotopic (exact) mass is 539 g/mol. The zero-order valence-corrected chi connectivity index (χ0v) is 21.2. The molecular formula is C22H24F3N3O2Sn. The summed E-state index contributed by atoms with van der Waals surface area (Å²) in [5.74, 6) is -1.85. The zero-order chi connectivity index (χ0) is 23.1. The van der Waals surface area contributed by atoms with Crippen molar-refractivity contribution in [2.45, 2.75) is 42.2 Å².